The molecule has 0 spiro atoms. The number of ether oxygens (including phenoxy) is 2. The van der Waals surface area contributed by atoms with Gasteiger partial charge in [0.25, 0.3) is 0 Å². The van der Waals surface area contributed by atoms with E-state index < -0.39 is 11.9 Å². The molecule has 208 valence electrons. The van der Waals surface area contributed by atoms with Crippen LogP contribution < -0.4 is 15.4 Å². The van der Waals surface area contributed by atoms with E-state index in [1.54, 1.807) is 19.2 Å². The normalized spacial score (nSPS) is 13.4. The molecule has 41 heavy (non-hydrogen) atoms. The fourth-order valence-electron chi connectivity index (χ4n) is 5.18. The average Bonchev–Trinajstić information content (AvgIpc) is 2.97. The maximum atomic E-state index is 14.8. The first kappa shape index (κ1) is 27.5. The van der Waals surface area contributed by atoms with E-state index in [0.717, 1.165) is 11.1 Å². The maximum Gasteiger partial charge on any atom is 0.404 e. The molecule has 9 heteroatoms. The summed E-state index contributed by atoms with van der Waals surface area (Å²) in [6.07, 6.45) is 0.614. The molecule has 0 saturated carbocycles. The zero-order chi connectivity index (χ0) is 28.9. The van der Waals surface area contributed by atoms with Crippen molar-refractivity contribution in [3.8, 4) is 40.0 Å². The number of rotatable bonds is 7. The van der Waals surface area contributed by atoms with E-state index in [-0.39, 0.29) is 17.4 Å². The van der Waals surface area contributed by atoms with E-state index in [1.165, 1.54) is 12.1 Å². The second-order valence-electron chi connectivity index (χ2n) is 9.84. The third-order valence-electron chi connectivity index (χ3n) is 7.20. The van der Waals surface area contributed by atoms with Gasteiger partial charge in [0.15, 0.2) is 0 Å². The highest BCUT2D eigenvalue weighted by Crippen LogP contribution is 2.42. The van der Waals surface area contributed by atoms with Gasteiger partial charge in [0.2, 0.25) is 0 Å². The summed E-state index contributed by atoms with van der Waals surface area (Å²) in [4.78, 5) is 18.0. The Bertz CT molecular complexity index is 1610. The zero-order valence-electron chi connectivity index (χ0n) is 22.5. The van der Waals surface area contributed by atoms with Gasteiger partial charge in [-0.15, -0.1) is 0 Å². The summed E-state index contributed by atoms with van der Waals surface area (Å²) in [7, 11) is 1.61. The van der Waals surface area contributed by atoms with Gasteiger partial charge in [0.05, 0.1) is 23.9 Å². The molecule has 1 fully saturated rings. The van der Waals surface area contributed by atoms with Crippen LogP contribution in [0.3, 0.4) is 0 Å². The molecule has 3 aromatic carbocycles. The average molecular weight is 553 g/mol. The van der Waals surface area contributed by atoms with Gasteiger partial charge in [-0.3, -0.25) is 0 Å². The lowest BCUT2D eigenvalue weighted by atomic mass is 9.94. The largest absolute Gasteiger partial charge is 0.507 e. The van der Waals surface area contributed by atoms with Crippen LogP contribution in [0.2, 0.25) is 0 Å². The summed E-state index contributed by atoms with van der Waals surface area (Å²) in [6, 6.07) is 23.3. The number of nitrogens with zero attached hydrogens (tertiary/aromatic N) is 3. The number of carbonyl (C=O) groups is 1. The highest BCUT2D eigenvalue weighted by atomic mass is 19.1. The third kappa shape index (κ3) is 6.07. The van der Waals surface area contributed by atoms with Gasteiger partial charge in [-0.1, -0.05) is 42.5 Å². The van der Waals surface area contributed by atoms with E-state index in [2.05, 4.69) is 0 Å². The van der Waals surface area contributed by atoms with Crippen molar-refractivity contribution in [2.45, 2.75) is 25.4 Å². The monoisotopic (exact) mass is 552 g/mol. The predicted octanol–water partition coefficient (Wildman–Crippen LogP) is 5.80. The van der Waals surface area contributed by atoms with E-state index in [0.29, 0.717) is 66.3 Å². The second kappa shape index (κ2) is 12.0. The molecule has 5 rings (SSSR count). The molecule has 1 aliphatic heterocycles. The standard InChI is InChI=1S/C32H29FN4O4/c1-40-28-10-9-21(16-24(28)15-20-5-3-2-4-6-20)30-27(38)18-29(37-13-11-25(12-14-37)41-32(35)39)36-31(30)22-7-8-23(19-34)26(33)17-22/h2-10,16-18,25H,11-15H2,1H3,(H2,35,39)(H,36,38). The van der Waals surface area contributed by atoms with Crippen LogP contribution in [0.25, 0.3) is 22.4 Å². The molecule has 2 heterocycles. The first-order valence-electron chi connectivity index (χ1n) is 13.2. The Balaban J connectivity index is 1.59. The zero-order valence-corrected chi connectivity index (χ0v) is 22.5. The first-order chi connectivity index (χ1) is 19.9. The van der Waals surface area contributed by atoms with Crippen LogP contribution in [0.4, 0.5) is 15.0 Å². The number of hydrogen-bond donors (Lipinski definition) is 2. The number of amides is 1. The molecule has 1 amide bonds. The number of nitrogens with two attached hydrogens (primary N) is 1. The Morgan fingerprint density at radius 2 is 1.83 bits per heavy atom. The lowest BCUT2D eigenvalue weighted by Crippen LogP contribution is -2.39. The summed E-state index contributed by atoms with van der Waals surface area (Å²) in [5.41, 5.74) is 9.00. The molecule has 1 aromatic heterocycles. The molecular formula is C32H29FN4O4. The van der Waals surface area contributed by atoms with Gasteiger partial charge < -0.3 is 25.2 Å². The van der Waals surface area contributed by atoms with Crippen molar-refractivity contribution in [1.82, 2.24) is 4.98 Å². The molecule has 0 bridgehead atoms. The van der Waals surface area contributed by atoms with Gasteiger partial charge in [0, 0.05) is 44.0 Å². The van der Waals surface area contributed by atoms with E-state index in [9.17, 15) is 19.6 Å². The number of carbonyl (C=O) groups excluding carboxylic acids is 1. The fraction of sp³-hybridized carbons (Fsp3) is 0.219. The van der Waals surface area contributed by atoms with E-state index >= 15 is 0 Å². The molecule has 3 N–H and O–H groups in total. The summed E-state index contributed by atoms with van der Waals surface area (Å²) in [5.74, 6) is 0.503. The van der Waals surface area contributed by atoms with Gasteiger partial charge in [0.1, 0.15) is 35.3 Å². The predicted molar refractivity (Wildman–Crippen MR) is 153 cm³/mol. The Hall–Kier alpha value is -5.10. The maximum absolute atomic E-state index is 14.8. The quantitative estimate of drug-likeness (QED) is 0.297. The van der Waals surface area contributed by atoms with E-state index in [4.69, 9.17) is 20.2 Å². The van der Waals surface area contributed by atoms with E-state index in [1.807, 2.05) is 59.5 Å². The highest BCUT2D eigenvalue weighted by Gasteiger charge is 2.25. The van der Waals surface area contributed by atoms with Crippen molar-refractivity contribution >= 4 is 11.9 Å². The lowest BCUT2D eigenvalue weighted by Gasteiger charge is -2.32. The van der Waals surface area contributed by atoms with Crippen LogP contribution >= 0.6 is 0 Å². The molecule has 4 aromatic rings. The first-order valence-corrected chi connectivity index (χ1v) is 13.2. The van der Waals surface area contributed by atoms with Crippen LogP contribution in [0.5, 0.6) is 11.5 Å². The number of pyridine rings is 1. The minimum Gasteiger partial charge on any atom is -0.507 e. The summed E-state index contributed by atoms with van der Waals surface area (Å²) in [6.45, 7) is 1.04. The number of halogens is 1. The Morgan fingerprint density at radius 3 is 2.49 bits per heavy atom. The molecule has 1 saturated heterocycles. The van der Waals surface area contributed by atoms with Crippen molar-refractivity contribution in [1.29, 1.82) is 5.26 Å². The SMILES string of the molecule is COc1ccc(-c2c(O)cc(N3CCC(OC(N)=O)CC3)nc2-c2ccc(C#N)c(F)c2)cc1Cc1ccccc1. The van der Waals surface area contributed by atoms with Gasteiger partial charge >= 0.3 is 6.09 Å². The number of methoxy groups -OCH3 is 1. The lowest BCUT2D eigenvalue weighted by molar-refractivity contribution is 0.0911. The topological polar surface area (TPSA) is 122 Å². The van der Waals surface area contributed by atoms with Crippen molar-refractivity contribution < 1.29 is 23.8 Å². The summed E-state index contributed by atoms with van der Waals surface area (Å²) in [5, 5.41) is 20.7. The smallest absolute Gasteiger partial charge is 0.404 e. The van der Waals surface area contributed by atoms with Gasteiger partial charge in [-0.25, -0.2) is 14.2 Å². The number of aromatic hydroxyl groups is 1. The minimum atomic E-state index is -0.806. The number of nitriles is 1. The number of aromatic nitrogens is 1. The van der Waals surface area contributed by atoms with Crippen LogP contribution in [0.15, 0.2) is 72.8 Å². The molecule has 0 atom stereocenters. The van der Waals surface area contributed by atoms with Crippen LogP contribution in [0.1, 0.15) is 29.5 Å². The van der Waals surface area contributed by atoms with Gasteiger partial charge in [-0.2, -0.15) is 5.26 Å². The Labute approximate surface area is 237 Å². The van der Waals surface area contributed by atoms with Crippen molar-refractivity contribution in [2.75, 3.05) is 25.1 Å². The van der Waals surface area contributed by atoms with Crippen LogP contribution in [0, 0.1) is 17.1 Å². The third-order valence-corrected chi connectivity index (χ3v) is 7.20. The summed E-state index contributed by atoms with van der Waals surface area (Å²) >= 11 is 0. The number of piperidine rings is 1. The number of hydrogen-bond acceptors (Lipinski definition) is 7. The van der Waals surface area contributed by atoms with Crippen LogP contribution in [-0.2, 0) is 11.2 Å². The molecule has 8 nitrogen and oxygen atoms in total. The van der Waals surface area contributed by atoms with Crippen molar-refractivity contribution in [3.63, 3.8) is 0 Å². The van der Waals surface area contributed by atoms with Crippen LogP contribution in [-0.4, -0.2) is 42.5 Å². The number of anilines is 1. The molecule has 0 aliphatic carbocycles. The van der Waals surface area contributed by atoms with Gasteiger partial charge in [-0.05, 0) is 41.0 Å². The molecular weight excluding hydrogens is 523 g/mol. The minimum absolute atomic E-state index is 0.0268. The van der Waals surface area contributed by atoms with Crippen molar-refractivity contribution in [3.05, 3.63) is 95.3 Å². The Morgan fingerprint density at radius 1 is 1.10 bits per heavy atom. The Kier molecular flexibility index (Phi) is 8.01. The molecule has 0 unspecified atom stereocenters. The van der Waals surface area contributed by atoms with Crippen molar-refractivity contribution in [2.24, 2.45) is 5.73 Å². The highest BCUT2D eigenvalue weighted by molar-refractivity contribution is 5.87. The molecule has 0 radical (unpaired) electrons. The fourth-order valence-corrected chi connectivity index (χ4v) is 5.18. The number of benzene rings is 3. The molecule has 1 aliphatic rings. The number of primary amides is 1. The second-order valence-corrected chi connectivity index (χ2v) is 9.84. The summed E-state index contributed by atoms with van der Waals surface area (Å²) < 4.78 is 25.5.